The van der Waals surface area contributed by atoms with Crippen LogP contribution in [0.5, 0.6) is 0 Å². The van der Waals surface area contributed by atoms with E-state index in [9.17, 15) is 13.2 Å². The van der Waals surface area contributed by atoms with Crippen molar-refractivity contribution in [3.05, 3.63) is 46.3 Å². The third kappa shape index (κ3) is 4.33. The van der Waals surface area contributed by atoms with Gasteiger partial charge in [-0.2, -0.15) is 4.31 Å². The molecule has 1 aromatic heterocycles. The molecule has 1 aromatic carbocycles. The molecule has 5 nitrogen and oxygen atoms in total. The SMILES string of the molecule is C#Cc1cccc(NC(=O)CN(C)S(=O)(=O)c2ccc(Cl)s2)c1. The van der Waals surface area contributed by atoms with Crippen molar-refractivity contribution in [2.24, 2.45) is 0 Å². The third-order valence-electron chi connectivity index (χ3n) is 2.89. The highest BCUT2D eigenvalue weighted by molar-refractivity contribution is 7.91. The Morgan fingerprint density at radius 3 is 2.74 bits per heavy atom. The number of nitrogens with zero attached hydrogens (tertiary/aromatic N) is 1. The summed E-state index contributed by atoms with van der Waals surface area (Å²) in [4.78, 5) is 12.0. The minimum absolute atomic E-state index is 0.0899. The maximum atomic E-state index is 12.3. The predicted octanol–water partition coefficient (Wildman–Crippen LogP) is 2.64. The molecule has 2 rings (SSSR count). The zero-order valence-corrected chi connectivity index (χ0v) is 14.5. The molecule has 0 aliphatic rings. The first-order valence-electron chi connectivity index (χ1n) is 6.41. The number of sulfonamides is 1. The van der Waals surface area contributed by atoms with E-state index in [2.05, 4.69) is 11.2 Å². The van der Waals surface area contributed by atoms with Crippen LogP contribution in [-0.2, 0) is 14.8 Å². The fourth-order valence-corrected chi connectivity index (χ4v) is 4.59. The Labute approximate surface area is 143 Å². The molecule has 120 valence electrons. The Bertz CT molecular complexity index is 869. The van der Waals surface area contributed by atoms with Crippen molar-refractivity contribution in [3.8, 4) is 12.3 Å². The lowest BCUT2D eigenvalue weighted by Gasteiger charge is -2.15. The first-order valence-corrected chi connectivity index (χ1v) is 9.04. The number of nitrogens with one attached hydrogen (secondary N) is 1. The lowest BCUT2D eigenvalue weighted by Crippen LogP contribution is -2.34. The average molecular weight is 369 g/mol. The Hall–Kier alpha value is -1.85. The average Bonchev–Trinajstić information content (AvgIpc) is 2.94. The summed E-state index contributed by atoms with van der Waals surface area (Å²) in [6.45, 7) is -0.321. The number of thiophene rings is 1. The number of carbonyl (C=O) groups excluding carboxylic acids is 1. The molecule has 0 aliphatic carbocycles. The lowest BCUT2D eigenvalue weighted by atomic mass is 10.2. The van der Waals surface area contributed by atoms with Gasteiger partial charge in [-0.05, 0) is 30.3 Å². The van der Waals surface area contributed by atoms with E-state index in [0.29, 0.717) is 15.6 Å². The normalized spacial score (nSPS) is 11.2. The fraction of sp³-hybridized carbons (Fsp3) is 0.133. The van der Waals surface area contributed by atoms with Gasteiger partial charge in [0.15, 0.2) is 0 Å². The van der Waals surface area contributed by atoms with Gasteiger partial charge in [-0.15, -0.1) is 17.8 Å². The van der Waals surface area contributed by atoms with Crippen molar-refractivity contribution in [1.82, 2.24) is 4.31 Å². The highest BCUT2D eigenvalue weighted by Gasteiger charge is 2.24. The van der Waals surface area contributed by atoms with Gasteiger partial charge in [0.2, 0.25) is 5.91 Å². The quantitative estimate of drug-likeness (QED) is 0.825. The van der Waals surface area contributed by atoms with E-state index in [4.69, 9.17) is 18.0 Å². The van der Waals surface area contributed by atoms with Gasteiger partial charge >= 0.3 is 0 Å². The van der Waals surface area contributed by atoms with Crippen molar-refractivity contribution < 1.29 is 13.2 Å². The molecule has 0 spiro atoms. The topological polar surface area (TPSA) is 66.5 Å². The second kappa shape index (κ2) is 7.15. The van der Waals surface area contributed by atoms with Gasteiger partial charge < -0.3 is 5.32 Å². The second-order valence-electron chi connectivity index (χ2n) is 4.59. The Morgan fingerprint density at radius 1 is 1.39 bits per heavy atom. The number of amides is 1. The minimum atomic E-state index is -3.74. The number of halogens is 1. The number of likely N-dealkylation sites (N-methyl/N-ethyl adjacent to an activating group) is 1. The monoisotopic (exact) mass is 368 g/mol. The summed E-state index contributed by atoms with van der Waals surface area (Å²) in [6, 6.07) is 9.65. The van der Waals surface area contributed by atoms with Gasteiger partial charge in [0, 0.05) is 18.3 Å². The number of terminal acetylenes is 1. The molecule has 0 saturated carbocycles. The van der Waals surface area contributed by atoms with Crippen LogP contribution < -0.4 is 5.32 Å². The zero-order chi connectivity index (χ0) is 17.0. The van der Waals surface area contributed by atoms with Crippen LogP contribution in [0, 0.1) is 12.3 Å². The molecule has 0 aliphatic heterocycles. The van der Waals surface area contributed by atoms with Gasteiger partial charge in [0.05, 0.1) is 10.9 Å². The van der Waals surface area contributed by atoms with Crippen LogP contribution in [0.4, 0.5) is 5.69 Å². The molecule has 0 atom stereocenters. The van der Waals surface area contributed by atoms with Gasteiger partial charge in [-0.3, -0.25) is 4.79 Å². The summed E-state index contributed by atoms with van der Waals surface area (Å²) in [5, 5.41) is 2.61. The van der Waals surface area contributed by atoms with Crippen molar-refractivity contribution in [3.63, 3.8) is 0 Å². The maximum absolute atomic E-state index is 12.3. The summed E-state index contributed by atoms with van der Waals surface area (Å²) in [7, 11) is -2.41. The summed E-state index contributed by atoms with van der Waals surface area (Å²) < 4.78 is 26.0. The van der Waals surface area contributed by atoms with E-state index in [-0.39, 0.29) is 10.8 Å². The standard InChI is InChI=1S/C15H13ClN2O3S2/c1-3-11-5-4-6-12(9-11)17-14(19)10-18(2)23(20,21)15-8-7-13(16)22-15/h1,4-9H,10H2,2H3,(H,17,19). The Balaban J connectivity index is 2.06. The van der Waals surface area contributed by atoms with E-state index in [1.54, 1.807) is 24.3 Å². The van der Waals surface area contributed by atoms with Crippen LogP contribution in [0.2, 0.25) is 4.34 Å². The van der Waals surface area contributed by atoms with Gasteiger partial charge in [0.25, 0.3) is 10.0 Å². The van der Waals surface area contributed by atoms with E-state index in [0.717, 1.165) is 15.6 Å². The lowest BCUT2D eigenvalue weighted by molar-refractivity contribution is -0.116. The summed E-state index contributed by atoms with van der Waals surface area (Å²) >= 11 is 6.69. The van der Waals surface area contributed by atoms with Crippen LogP contribution in [0.25, 0.3) is 0 Å². The smallest absolute Gasteiger partial charge is 0.252 e. The molecule has 1 heterocycles. The number of rotatable bonds is 5. The summed E-state index contributed by atoms with van der Waals surface area (Å²) in [6.07, 6.45) is 5.29. The molecular formula is C15H13ClN2O3S2. The van der Waals surface area contributed by atoms with Gasteiger partial charge in [-0.1, -0.05) is 23.6 Å². The molecule has 8 heteroatoms. The summed E-state index contributed by atoms with van der Waals surface area (Å²) in [5.41, 5.74) is 1.13. The number of anilines is 1. The first-order chi connectivity index (χ1) is 10.8. The molecule has 2 aromatic rings. The molecule has 0 saturated heterocycles. The second-order valence-corrected chi connectivity index (χ2v) is 8.58. The molecule has 0 bridgehead atoms. The fourth-order valence-electron chi connectivity index (χ4n) is 1.76. The molecule has 23 heavy (non-hydrogen) atoms. The van der Waals surface area contributed by atoms with Crippen molar-refractivity contribution in [2.45, 2.75) is 4.21 Å². The minimum Gasteiger partial charge on any atom is -0.325 e. The molecule has 1 N–H and O–H groups in total. The number of carbonyl (C=O) groups is 1. The molecule has 0 fully saturated rings. The van der Waals surface area contributed by atoms with E-state index < -0.39 is 15.9 Å². The number of hydrogen-bond acceptors (Lipinski definition) is 4. The highest BCUT2D eigenvalue weighted by Crippen LogP contribution is 2.27. The van der Waals surface area contributed by atoms with Crippen LogP contribution >= 0.6 is 22.9 Å². The van der Waals surface area contributed by atoms with E-state index in [1.807, 2.05) is 0 Å². The van der Waals surface area contributed by atoms with E-state index >= 15 is 0 Å². The maximum Gasteiger partial charge on any atom is 0.252 e. The van der Waals surface area contributed by atoms with Crippen LogP contribution in [0.3, 0.4) is 0 Å². The van der Waals surface area contributed by atoms with Crippen LogP contribution in [0.1, 0.15) is 5.56 Å². The largest absolute Gasteiger partial charge is 0.325 e. The zero-order valence-electron chi connectivity index (χ0n) is 12.1. The van der Waals surface area contributed by atoms with Gasteiger partial charge in [0.1, 0.15) is 4.21 Å². The third-order valence-corrected chi connectivity index (χ3v) is 6.39. The molecule has 0 radical (unpaired) electrons. The highest BCUT2D eigenvalue weighted by atomic mass is 35.5. The summed E-state index contributed by atoms with van der Waals surface area (Å²) in [5.74, 6) is 2.00. The van der Waals surface area contributed by atoms with Crippen molar-refractivity contribution in [2.75, 3.05) is 18.9 Å². The molecule has 0 unspecified atom stereocenters. The van der Waals surface area contributed by atoms with Crippen LogP contribution in [-0.4, -0.2) is 32.2 Å². The molecular weight excluding hydrogens is 356 g/mol. The predicted molar refractivity (Wildman–Crippen MR) is 92.2 cm³/mol. The number of hydrogen-bond donors (Lipinski definition) is 1. The Morgan fingerprint density at radius 2 is 2.13 bits per heavy atom. The van der Waals surface area contributed by atoms with Gasteiger partial charge in [-0.25, -0.2) is 8.42 Å². The van der Waals surface area contributed by atoms with Crippen molar-refractivity contribution >= 4 is 44.6 Å². The number of benzene rings is 1. The first kappa shape index (κ1) is 17.5. The van der Waals surface area contributed by atoms with E-state index in [1.165, 1.54) is 19.2 Å². The van der Waals surface area contributed by atoms with Crippen molar-refractivity contribution in [1.29, 1.82) is 0 Å². The van der Waals surface area contributed by atoms with Crippen LogP contribution in [0.15, 0.2) is 40.6 Å². The molecule has 1 amide bonds. The Kier molecular flexibility index (Phi) is 5.44.